The molecule has 2 unspecified atom stereocenters. The van der Waals surface area contributed by atoms with E-state index in [-0.39, 0.29) is 6.61 Å². The van der Waals surface area contributed by atoms with E-state index < -0.39 is 11.5 Å². The summed E-state index contributed by atoms with van der Waals surface area (Å²) in [6, 6.07) is 0. The minimum absolute atomic E-state index is 0.219. The van der Waals surface area contributed by atoms with Crippen LogP contribution in [0.5, 0.6) is 0 Å². The summed E-state index contributed by atoms with van der Waals surface area (Å²) >= 11 is 0. The number of hydrogen-bond donors (Lipinski definition) is 2. The summed E-state index contributed by atoms with van der Waals surface area (Å²) < 4.78 is 5.53. The molecule has 0 bridgehead atoms. The zero-order valence-electron chi connectivity index (χ0n) is 11.6. The summed E-state index contributed by atoms with van der Waals surface area (Å²) in [4.78, 5) is 11.2. The van der Waals surface area contributed by atoms with Crippen molar-refractivity contribution in [1.29, 1.82) is 0 Å². The molecule has 0 aromatic rings. The maximum absolute atomic E-state index is 11.2. The van der Waals surface area contributed by atoms with Crippen LogP contribution in [-0.2, 0) is 9.53 Å². The molecule has 4 heteroatoms. The molecule has 0 spiro atoms. The maximum atomic E-state index is 11.2. The predicted octanol–water partition coefficient (Wildman–Crippen LogP) is 2.28. The molecule has 0 aliphatic rings. The van der Waals surface area contributed by atoms with E-state index in [1.807, 2.05) is 6.92 Å². The third-order valence-electron chi connectivity index (χ3n) is 2.81. The Morgan fingerprint density at radius 3 is 2.53 bits per heavy atom. The Morgan fingerprint density at radius 1 is 1.41 bits per heavy atom. The molecule has 0 aliphatic heterocycles. The molecule has 0 saturated carbocycles. The standard InChI is InChI=1S/C13H27NO3/c1-5-7-11(3)9-17-10-13(4,12(15)16)14-8-6-2/h11,14H,5-10H2,1-4H3,(H,15,16). The lowest BCUT2D eigenvalue weighted by Gasteiger charge is -2.26. The number of hydrogen-bond acceptors (Lipinski definition) is 3. The molecule has 0 amide bonds. The third-order valence-corrected chi connectivity index (χ3v) is 2.81. The summed E-state index contributed by atoms with van der Waals surface area (Å²) in [5.74, 6) is -0.363. The highest BCUT2D eigenvalue weighted by atomic mass is 16.5. The molecule has 17 heavy (non-hydrogen) atoms. The predicted molar refractivity (Wildman–Crippen MR) is 69.2 cm³/mol. The lowest BCUT2D eigenvalue weighted by atomic mass is 10.0. The first-order chi connectivity index (χ1) is 7.96. The SMILES string of the molecule is CCCNC(C)(COCC(C)CCC)C(=O)O. The molecule has 102 valence electrons. The number of carboxylic acids is 1. The molecule has 0 heterocycles. The Labute approximate surface area is 105 Å². The minimum Gasteiger partial charge on any atom is -0.480 e. The maximum Gasteiger partial charge on any atom is 0.326 e. The van der Waals surface area contributed by atoms with Gasteiger partial charge in [0.2, 0.25) is 0 Å². The number of nitrogens with one attached hydrogen (secondary N) is 1. The fourth-order valence-corrected chi connectivity index (χ4v) is 1.63. The van der Waals surface area contributed by atoms with Crippen LogP contribution in [0.4, 0.5) is 0 Å². The lowest BCUT2D eigenvalue weighted by molar-refractivity contribution is -0.147. The molecule has 0 saturated heterocycles. The zero-order chi connectivity index (χ0) is 13.3. The summed E-state index contributed by atoms with van der Waals surface area (Å²) in [5.41, 5.74) is -0.970. The van der Waals surface area contributed by atoms with Gasteiger partial charge in [-0.2, -0.15) is 0 Å². The molecular formula is C13H27NO3. The summed E-state index contributed by atoms with van der Waals surface area (Å²) in [6.07, 6.45) is 3.16. The second-order valence-electron chi connectivity index (χ2n) is 4.97. The molecule has 0 radical (unpaired) electrons. The Hall–Kier alpha value is -0.610. The first-order valence-electron chi connectivity index (χ1n) is 6.52. The van der Waals surface area contributed by atoms with Gasteiger partial charge in [0.15, 0.2) is 0 Å². The van der Waals surface area contributed by atoms with Crippen molar-refractivity contribution in [2.45, 2.75) is 52.5 Å². The van der Waals surface area contributed by atoms with E-state index >= 15 is 0 Å². The number of carboxylic acid groups (broad SMARTS) is 1. The van der Waals surface area contributed by atoms with Crippen molar-refractivity contribution in [3.05, 3.63) is 0 Å². The molecule has 0 rings (SSSR count). The van der Waals surface area contributed by atoms with Gasteiger partial charge >= 0.3 is 5.97 Å². The van der Waals surface area contributed by atoms with Crippen LogP contribution in [0.2, 0.25) is 0 Å². The molecule has 0 aromatic carbocycles. The molecule has 2 atom stereocenters. The fourth-order valence-electron chi connectivity index (χ4n) is 1.63. The average Bonchev–Trinajstić information content (AvgIpc) is 2.26. The summed E-state index contributed by atoms with van der Waals surface area (Å²) in [5, 5.41) is 12.2. The van der Waals surface area contributed by atoms with Gasteiger partial charge in [0.25, 0.3) is 0 Å². The van der Waals surface area contributed by atoms with Crippen LogP contribution in [0.3, 0.4) is 0 Å². The number of aliphatic carboxylic acids is 1. The van der Waals surface area contributed by atoms with Crippen LogP contribution in [-0.4, -0.2) is 36.4 Å². The van der Waals surface area contributed by atoms with Crippen molar-refractivity contribution >= 4 is 5.97 Å². The quantitative estimate of drug-likeness (QED) is 0.620. The highest BCUT2D eigenvalue weighted by Gasteiger charge is 2.32. The van der Waals surface area contributed by atoms with Crippen molar-refractivity contribution in [3.63, 3.8) is 0 Å². The molecule has 2 N–H and O–H groups in total. The van der Waals surface area contributed by atoms with Gasteiger partial charge < -0.3 is 15.2 Å². The Balaban J connectivity index is 4.04. The summed E-state index contributed by atoms with van der Waals surface area (Å²) in [7, 11) is 0. The molecule has 0 aromatic heterocycles. The van der Waals surface area contributed by atoms with Gasteiger partial charge in [0.1, 0.15) is 5.54 Å². The zero-order valence-corrected chi connectivity index (χ0v) is 11.6. The second kappa shape index (κ2) is 8.48. The summed E-state index contributed by atoms with van der Waals surface area (Å²) in [6.45, 7) is 9.49. The van der Waals surface area contributed by atoms with Crippen LogP contribution in [0.1, 0.15) is 47.0 Å². The smallest absolute Gasteiger partial charge is 0.326 e. The van der Waals surface area contributed by atoms with Crippen LogP contribution in [0.25, 0.3) is 0 Å². The van der Waals surface area contributed by atoms with E-state index in [9.17, 15) is 9.90 Å². The largest absolute Gasteiger partial charge is 0.480 e. The first-order valence-corrected chi connectivity index (χ1v) is 6.52. The third kappa shape index (κ3) is 6.64. The van der Waals surface area contributed by atoms with E-state index in [0.29, 0.717) is 19.1 Å². The van der Waals surface area contributed by atoms with Gasteiger partial charge in [0.05, 0.1) is 6.61 Å². The van der Waals surface area contributed by atoms with Crippen molar-refractivity contribution < 1.29 is 14.6 Å². The topological polar surface area (TPSA) is 58.6 Å². The van der Waals surface area contributed by atoms with Crippen molar-refractivity contribution in [1.82, 2.24) is 5.32 Å². The van der Waals surface area contributed by atoms with E-state index in [1.54, 1.807) is 6.92 Å². The molecule has 4 nitrogen and oxygen atoms in total. The minimum atomic E-state index is -0.970. The van der Waals surface area contributed by atoms with Crippen molar-refractivity contribution in [2.24, 2.45) is 5.92 Å². The molecular weight excluding hydrogens is 218 g/mol. The first kappa shape index (κ1) is 16.4. The van der Waals surface area contributed by atoms with Gasteiger partial charge in [-0.3, -0.25) is 4.79 Å². The number of ether oxygens (including phenoxy) is 1. The molecule has 0 aliphatic carbocycles. The Morgan fingerprint density at radius 2 is 2.06 bits per heavy atom. The van der Waals surface area contributed by atoms with E-state index in [2.05, 4.69) is 19.2 Å². The average molecular weight is 245 g/mol. The highest BCUT2D eigenvalue weighted by molar-refractivity contribution is 5.78. The van der Waals surface area contributed by atoms with E-state index in [0.717, 1.165) is 19.3 Å². The Bertz CT molecular complexity index is 221. The van der Waals surface area contributed by atoms with E-state index in [1.165, 1.54) is 0 Å². The Kier molecular flexibility index (Phi) is 8.17. The fraction of sp³-hybridized carbons (Fsp3) is 0.923. The van der Waals surface area contributed by atoms with Crippen LogP contribution in [0.15, 0.2) is 0 Å². The van der Waals surface area contributed by atoms with Crippen molar-refractivity contribution in [3.8, 4) is 0 Å². The molecule has 0 fully saturated rings. The monoisotopic (exact) mass is 245 g/mol. The number of rotatable bonds is 10. The van der Waals surface area contributed by atoms with Gasteiger partial charge in [-0.25, -0.2) is 0 Å². The lowest BCUT2D eigenvalue weighted by Crippen LogP contribution is -2.53. The van der Waals surface area contributed by atoms with Gasteiger partial charge in [-0.1, -0.05) is 27.2 Å². The van der Waals surface area contributed by atoms with Crippen molar-refractivity contribution in [2.75, 3.05) is 19.8 Å². The number of carbonyl (C=O) groups is 1. The van der Waals surface area contributed by atoms with Crippen LogP contribution in [0, 0.1) is 5.92 Å². The van der Waals surface area contributed by atoms with E-state index in [4.69, 9.17) is 4.74 Å². The van der Waals surface area contributed by atoms with Gasteiger partial charge in [0, 0.05) is 6.61 Å². The van der Waals surface area contributed by atoms with Crippen LogP contribution >= 0.6 is 0 Å². The second-order valence-corrected chi connectivity index (χ2v) is 4.97. The van der Waals surface area contributed by atoms with Crippen LogP contribution < -0.4 is 5.32 Å². The highest BCUT2D eigenvalue weighted by Crippen LogP contribution is 2.09. The van der Waals surface area contributed by atoms with Gasteiger partial charge in [-0.15, -0.1) is 0 Å². The normalized spacial score (nSPS) is 16.5. The van der Waals surface area contributed by atoms with Gasteiger partial charge in [-0.05, 0) is 32.2 Å².